The van der Waals surface area contributed by atoms with E-state index in [0.717, 1.165) is 19.3 Å². The van der Waals surface area contributed by atoms with Gasteiger partial charge in [0.25, 0.3) is 0 Å². The van der Waals surface area contributed by atoms with Gasteiger partial charge in [0.2, 0.25) is 10.0 Å². The third-order valence-electron chi connectivity index (χ3n) is 4.04. The van der Waals surface area contributed by atoms with Crippen LogP contribution in [-0.4, -0.2) is 25.8 Å². The van der Waals surface area contributed by atoms with E-state index in [1.807, 2.05) is 0 Å². The van der Waals surface area contributed by atoms with Gasteiger partial charge in [0.15, 0.2) is 0 Å². The number of halogens is 1. The minimum Gasteiger partial charge on any atom is -0.399 e. The zero-order chi connectivity index (χ0) is 14.9. The number of hydrogen-bond donors (Lipinski definition) is 1. The summed E-state index contributed by atoms with van der Waals surface area (Å²) in [7, 11) is -1.96. The molecule has 112 valence electrons. The highest BCUT2D eigenvalue weighted by molar-refractivity contribution is 7.89. The lowest BCUT2D eigenvalue weighted by Crippen LogP contribution is -2.39. The van der Waals surface area contributed by atoms with E-state index in [0.29, 0.717) is 11.6 Å². The Kier molecular flexibility index (Phi) is 4.62. The molecule has 1 aliphatic carbocycles. The van der Waals surface area contributed by atoms with Crippen LogP contribution < -0.4 is 5.73 Å². The van der Waals surface area contributed by atoms with Gasteiger partial charge in [-0.25, -0.2) is 8.42 Å². The minimum absolute atomic E-state index is 0.0428. The molecule has 20 heavy (non-hydrogen) atoms. The van der Waals surface area contributed by atoms with Gasteiger partial charge in [-0.05, 0) is 37.0 Å². The molecular weight excluding hydrogens is 296 g/mol. The lowest BCUT2D eigenvalue weighted by atomic mass is 9.87. The number of benzene rings is 1. The van der Waals surface area contributed by atoms with Crippen molar-refractivity contribution in [3.05, 3.63) is 23.2 Å². The van der Waals surface area contributed by atoms with Crippen LogP contribution in [0, 0.1) is 5.92 Å². The van der Waals surface area contributed by atoms with E-state index in [1.54, 1.807) is 13.1 Å². The highest BCUT2D eigenvalue weighted by Crippen LogP contribution is 2.32. The molecule has 0 spiro atoms. The van der Waals surface area contributed by atoms with Gasteiger partial charge in [0, 0.05) is 18.8 Å². The number of anilines is 1. The van der Waals surface area contributed by atoms with Crippen molar-refractivity contribution in [3.63, 3.8) is 0 Å². The van der Waals surface area contributed by atoms with Crippen LogP contribution in [0.2, 0.25) is 5.02 Å². The Balaban J connectivity index is 2.31. The van der Waals surface area contributed by atoms with Crippen molar-refractivity contribution >= 4 is 27.3 Å². The highest BCUT2D eigenvalue weighted by atomic mass is 35.5. The number of sulfonamides is 1. The Morgan fingerprint density at radius 2 is 2.05 bits per heavy atom. The fourth-order valence-corrected chi connectivity index (χ4v) is 4.71. The lowest BCUT2D eigenvalue weighted by Gasteiger charge is -2.33. The van der Waals surface area contributed by atoms with E-state index >= 15 is 0 Å². The third-order valence-corrected chi connectivity index (χ3v) is 6.43. The van der Waals surface area contributed by atoms with Crippen LogP contribution in [-0.2, 0) is 10.0 Å². The molecule has 1 aromatic rings. The average Bonchev–Trinajstić information content (AvgIpc) is 2.40. The van der Waals surface area contributed by atoms with Crippen molar-refractivity contribution in [1.82, 2.24) is 4.31 Å². The first-order valence-electron chi connectivity index (χ1n) is 6.85. The maximum absolute atomic E-state index is 12.7. The predicted octanol–water partition coefficient (Wildman–Crippen LogP) is 3.12. The summed E-state index contributed by atoms with van der Waals surface area (Å²) in [4.78, 5) is 0.0971. The molecule has 0 heterocycles. The second-order valence-electron chi connectivity index (χ2n) is 5.64. The van der Waals surface area contributed by atoms with E-state index in [-0.39, 0.29) is 16.0 Å². The monoisotopic (exact) mass is 316 g/mol. The molecule has 6 heteroatoms. The van der Waals surface area contributed by atoms with Gasteiger partial charge < -0.3 is 5.73 Å². The summed E-state index contributed by atoms with van der Waals surface area (Å²) in [6, 6.07) is 4.60. The van der Waals surface area contributed by atoms with E-state index in [1.165, 1.54) is 22.9 Å². The zero-order valence-electron chi connectivity index (χ0n) is 11.8. The van der Waals surface area contributed by atoms with Gasteiger partial charge in [-0.3, -0.25) is 0 Å². The molecule has 1 aromatic carbocycles. The number of nitrogens with two attached hydrogens (primary N) is 1. The van der Waals surface area contributed by atoms with Gasteiger partial charge >= 0.3 is 0 Å². The van der Waals surface area contributed by atoms with Crippen LogP contribution in [0.15, 0.2) is 23.1 Å². The van der Waals surface area contributed by atoms with Gasteiger partial charge in [-0.2, -0.15) is 4.31 Å². The van der Waals surface area contributed by atoms with Crippen molar-refractivity contribution in [2.24, 2.45) is 5.92 Å². The Morgan fingerprint density at radius 3 is 2.70 bits per heavy atom. The maximum Gasteiger partial charge on any atom is 0.244 e. The summed E-state index contributed by atoms with van der Waals surface area (Å²) in [5.41, 5.74) is 6.08. The standard InChI is InChI=1S/C14H21ClN2O2S/c1-10-4-3-5-12(8-10)17(2)20(18,19)14-9-11(16)6-7-13(14)15/h6-7,9-10,12H,3-5,8,16H2,1-2H3. The molecule has 0 bridgehead atoms. The Hall–Kier alpha value is -0.780. The van der Waals surface area contributed by atoms with Gasteiger partial charge in [-0.15, -0.1) is 0 Å². The van der Waals surface area contributed by atoms with E-state index in [4.69, 9.17) is 17.3 Å². The molecule has 0 saturated heterocycles. The van der Waals surface area contributed by atoms with E-state index in [9.17, 15) is 8.42 Å². The smallest absolute Gasteiger partial charge is 0.244 e. The lowest BCUT2D eigenvalue weighted by molar-refractivity contribution is 0.239. The fourth-order valence-electron chi connectivity index (χ4n) is 2.80. The molecular formula is C14H21ClN2O2S. The second-order valence-corrected chi connectivity index (χ2v) is 8.01. The summed E-state index contributed by atoms with van der Waals surface area (Å²) in [5.74, 6) is 0.558. The molecule has 2 rings (SSSR count). The second kappa shape index (κ2) is 5.92. The molecule has 1 fully saturated rings. The first-order valence-corrected chi connectivity index (χ1v) is 8.67. The molecule has 0 aromatic heterocycles. The summed E-state index contributed by atoms with van der Waals surface area (Å²) in [6.07, 6.45) is 4.04. The SMILES string of the molecule is CC1CCCC(N(C)S(=O)(=O)c2cc(N)ccc2Cl)C1. The number of nitrogens with zero attached hydrogens (tertiary/aromatic N) is 1. The summed E-state index contributed by atoms with van der Waals surface area (Å²) in [6.45, 7) is 2.17. The fraction of sp³-hybridized carbons (Fsp3) is 0.571. The molecule has 0 aliphatic heterocycles. The quantitative estimate of drug-likeness (QED) is 0.871. The predicted molar refractivity (Wildman–Crippen MR) is 82.2 cm³/mol. The van der Waals surface area contributed by atoms with Crippen LogP contribution in [0.1, 0.15) is 32.6 Å². The van der Waals surface area contributed by atoms with Crippen molar-refractivity contribution < 1.29 is 8.42 Å². The van der Waals surface area contributed by atoms with Gasteiger partial charge in [-0.1, -0.05) is 31.4 Å². The zero-order valence-corrected chi connectivity index (χ0v) is 13.4. The number of hydrogen-bond acceptors (Lipinski definition) is 3. The Labute approximate surface area is 126 Å². The Bertz CT molecular complexity index is 589. The molecule has 4 nitrogen and oxygen atoms in total. The van der Waals surface area contributed by atoms with Crippen LogP contribution in [0.5, 0.6) is 0 Å². The number of rotatable bonds is 3. The third kappa shape index (κ3) is 3.10. The molecule has 0 amide bonds. The molecule has 1 aliphatic rings. The summed E-state index contributed by atoms with van der Waals surface area (Å²) < 4.78 is 26.9. The van der Waals surface area contributed by atoms with Crippen LogP contribution in [0.3, 0.4) is 0 Å². The molecule has 2 atom stereocenters. The van der Waals surface area contributed by atoms with E-state index < -0.39 is 10.0 Å². The Morgan fingerprint density at radius 1 is 1.35 bits per heavy atom. The van der Waals surface area contributed by atoms with Gasteiger partial charge in [0.1, 0.15) is 4.90 Å². The number of nitrogen functional groups attached to an aromatic ring is 1. The summed E-state index contributed by atoms with van der Waals surface area (Å²) in [5, 5.41) is 0.218. The van der Waals surface area contributed by atoms with Crippen molar-refractivity contribution in [1.29, 1.82) is 0 Å². The first kappa shape index (κ1) is 15.6. The maximum atomic E-state index is 12.7. The first-order chi connectivity index (χ1) is 9.32. The van der Waals surface area contributed by atoms with Crippen molar-refractivity contribution in [2.75, 3.05) is 12.8 Å². The van der Waals surface area contributed by atoms with Crippen molar-refractivity contribution in [2.45, 2.75) is 43.5 Å². The average molecular weight is 317 g/mol. The summed E-state index contributed by atoms with van der Waals surface area (Å²) >= 11 is 6.03. The van der Waals surface area contributed by atoms with Crippen LogP contribution in [0.25, 0.3) is 0 Å². The largest absolute Gasteiger partial charge is 0.399 e. The normalized spacial score (nSPS) is 24.0. The van der Waals surface area contributed by atoms with E-state index in [2.05, 4.69) is 6.92 Å². The minimum atomic E-state index is -3.59. The van der Waals surface area contributed by atoms with Crippen LogP contribution >= 0.6 is 11.6 Å². The van der Waals surface area contributed by atoms with Crippen LogP contribution in [0.4, 0.5) is 5.69 Å². The molecule has 2 N–H and O–H groups in total. The molecule has 1 saturated carbocycles. The molecule has 0 radical (unpaired) electrons. The topological polar surface area (TPSA) is 63.4 Å². The van der Waals surface area contributed by atoms with Gasteiger partial charge in [0.05, 0.1) is 5.02 Å². The van der Waals surface area contributed by atoms with Crippen molar-refractivity contribution in [3.8, 4) is 0 Å². The highest BCUT2D eigenvalue weighted by Gasteiger charge is 2.32. The molecule has 2 unspecified atom stereocenters.